The molecule has 0 aliphatic carbocycles. The van der Waals surface area contributed by atoms with Gasteiger partial charge in [-0.2, -0.15) is 20.1 Å². The molecule has 0 amide bonds. The van der Waals surface area contributed by atoms with Crippen molar-refractivity contribution in [2.75, 3.05) is 55.6 Å². The topological polar surface area (TPSA) is 146 Å². The Balaban J connectivity index is 1.69. The van der Waals surface area contributed by atoms with Crippen molar-refractivity contribution in [3.05, 3.63) is 41.4 Å². The molecule has 1 aliphatic heterocycles. The van der Waals surface area contributed by atoms with E-state index < -0.39 is 17.7 Å². The molecule has 12 nitrogen and oxygen atoms in total. The van der Waals surface area contributed by atoms with Gasteiger partial charge in [-0.15, -0.1) is 0 Å². The SMILES string of the molecule is COC[C@H](Nc1nc(Nc2cc(C)[nH]n2)nc(N2CCOC[C@H]2CO)n1)c1ncc(F)cc1F. The Morgan fingerprint density at radius 1 is 1.29 bits per heavy atom. The van der Waals surface area contributed by atoms with Crippen molar-refractivity contribution in [3.8, 4) is 0 Å². The van der Waals surface area contributed by atoms with E-state index in [-0.39, 0.29) is 42.8 Å². The third-order valence-corrected chi connectivity index (χ3v) is 5.07. The largest absolute Gasteiger partial charge is 0.394 e. The van der Waals surface area contributed by atoms with Crippen LogP contribution in [-0.4, -0.2) is 81.4 Å². The van der Waals surface area contributed by atoms with Gasteiger partial charge in [0, 0.05) is 31.5 Å². The monoisotopic (exact) mass is 477 g/mol. The molecule has 14 heteroatoms. The average Bonchev–Trinajstić information content (AvgIpc) is 3.23. The molecule has 4 heterocycles. The molecule has 1 aliphatic rings. The van der Waals surface area contributed by atoms with Crippen LogP contribution in [0.3, 0.4) is 0 Å². The maximum Gasteiger partial charge on any atom is 0.235 e. The second-order valence-corrected chi connectivity index (χ2v) is 7.62. The molecule has 0 aromatic carbocycles. The first-order valence-corrected chi connectivity index (χ1v) is 10.5. The molecule has 1 saturated heterocycles. The van der Waals surface area contributed by atoms with E-state index in [2.05, 4.69) is 40.8 Å². The number of rotatable bonds is 9. The Morgan fingerprint density at radius 2 is 2.12 bits per heavy atom. The van der Waals surface area contributed by atoms with E-state index in [0.717, 1.165) is 18.0 Å². The molecule has 3 aromatic heterocycles. The Hall–Kier alpha value is -3.49. The van der Waals surface area contributed by atoms with Gasteiger partial charge in [-0.3, -0.25) is 10.1 Å². The van der Waals surface area contributed by atoms with E-state index in [0.29, 0.717) is 25.6 Å². The van der Waals surface area contributed by atoms with Crippen LogP contribution in [0.15, 0.2) is 18.3 Å². The Morgan fingerprint density at radius 3 is 2.82 bits per heavy atom. The minimum absolute atomic E-state index is 0.00864. The third-order valence-electron chi connectivity index (χ3n) is 5.07. The number of aryl methyl sites for hydroxylation is 1. The summed E-state index contributed by atoms with van der Waals surface area (Å²) in [6.45, 7) is 2.89. The summed E-state index contributed by atoms with van der Waals surface area (Å²) >= 11 is 0. The summed E-state index contributed by atoms with van der Waals surface area (Å²) < 4.78 is 38.5. The van der Waals surface area contributed by atoms with Gasteiger partial charge in [0.1, 0.15) is 17.3 Å². The van der Waals surface area contributed by atoms with E-state index in [9.17, 15) is 13.9 Å². The molecule has 0 bridgehead atoms. The number of morpholine rings is 1. The van der Waals surface area contributed by atoms with Gasteiger partial charge in [-0.25, -0.2) is 8.78 Å². The molecule has 182 valence electrons. The molecular weight excluding hydrogens is 452 g/mol. The highest BCUT2D eigenvalue weighted by molar-refractivity contribution is 5.53. The number of halogens is 2. The fraction of sp³-hybridized carbons (Fsp3) is 0.450. The van der Waals surface area contributed by atoms with Gasteiger partial charge in [0.2, 0.25) is 17.8 Å². The van der Waals surface area contributed by atoms with Crippen molar-refractivity contribution in [1.29, 1.82) is 0 Å². The van der Waals surface area contributed by atoms with Crippen LogP contribution in [0.1, 0.15) is 17.4 Å². The quantitative estimate of drug-likeness (QED) is 0.354. The standard InChI is InChI=1S/C20H25F2N9O3/c1-11-5-16(30-29-11)25-19-26-18(27-20(28-19)31-3-4-34-9-13(31)8-32)24-15(10-33-2)17-14(22)6-12(21)7-23-17/h5-7,13,15,32H,3-4,8-10H2,1-2H3,(H3,24,25,26,27,28,29,30)/t13-,15+/m1/s1. The number of aliphatic hydroxyl groups excluding tert-OH is 1. The van der Waals surface area contributed by atoms with Crippen LogP contribution >= 0.6 is 0 Å². The molecule has 0 radical (unpaired) electrons. The first-order chi connectivity index (χ1) is 16.5. The second kappa shape index (κ2) is 10.6. The number of H-pyrrole nitrogens is 1. The highest BCUT2D eigenvalue weighted by atomic mass is 19.1. The van der Waals surface area contributed by atoms with Crippen LogP contribution in [0, 0.1) is 18.6 Å². The first kappa shape index (κ1) is 23.7. The highest BCUT2D eigenvalue weighted by Crippen LogP contribution is 2.24. The number of methoxy groups -OCH3 is 1. The molecule has 4 rings (SSSR count). The van der Waals surface area contributed by atoms with Gasteiger partial charge in [0.05, 0.1) is 44.7 Å². The molecule has 4 N–H and O–H groups in total. The van der Waals surface area contributed by atoms with Crippen molar-refractivity contribution < 1.29 is 23.4 Å². The molecule has 34 heavy (non-hydrogen) atoms. The fourth-order valence-electron chi connectivity index (χ4n) is 3.47. The summed E-state index contributed by atoms with van der Waals surface area (Å²) in [6.07, 6.45) is 0.925. The van der Waals surface area contributed by atoms with Gasteiger partial charge in [0.25, 0.3) is 0 Å². The van der Waals surface area contributed by atoms with Crippen LogP contribution < -0.4 is 15.5 Å². The number of aromatic nitrogens is 6. The van der Waals surface area contributed by atoms with Gasteiger partial charge in [-0.1, -0.05) is 0 Å². The molecular formula is C20H25F2N9O3. The van der Waals surface area contributed by atoms with Gasteiger partial charge in [0.15, 0.2) is 5.82 Å². The zero-order valence-corrected chi connectivity index (χ0v) is 18.6. The smallest absolute Gasteiger partial charge is 0.235 e. The predicted molar refractivity (Wildman–Crippen MR) is 118 cm³/mol. The van der Waals surface area contributed by atoms with Crippen LogP contribution in [0.5, 0.6) is 0 Å². The fourth-order valence-corrected chi connectivity index (χ4v) is 3.47. The summed E-state index contributed by atoms with van der Waals surface area (Å²) in [6, 6.07) is 1.35. The predicted octanol–water partition coefficient (Wildman–Crippen LogP) is 1.32. The lowest BCUT2D eigenvalue weighted by molar-refractivity contribution is 0.0718. The number of anilines is 4. The zero-order chi connectivity index (χ0) is 24.1. The molecule has 0 spiro atoms. The first-order valence-electron chi connectivity index (χ1n) is 10.5. The highest BCUT2D eigenvalue weighted by Gasteiger charge is 2.27. The van der Waals surface area contributed by atoms with Crippen LogP contribution in [-0.2, 0) is 9.47 Å². The van der Waals surface area contributed by atoms with Crippen LogP contribution in [0.2, 0.25) is 0 Å². The summed E-state index contributed by atoms with van der Waals surface area (Å²) in [5.41, 5.74) is 0.781. The van der Waals surface area contributed by atoms with Crippen molar-refractivity contribution in [2.45, 2.75) is 19.0 Å². The lowest BCUT2D eigenvalue weighted by atomic mass is 10.2. The van der Waals surface area contributed by atoms with E-state index in [1.54, 1.807) is 11.0 Å². The summed E-state index contributed by atoms with van der Waals surface area (Å²) in [5.74, 6) is -0.591. The minimum atomic E-state index is -0.831. The number of hydrogen-bond donors (Lipinski definition) is 4. The van der Waals surface area contributed by atoms with E-state index in [1.165, 1.54) is 7.11 Å². The Bertz CT molecular complexity index is 1120. The van der Waals surface area contributed by atoms with Gasteiger partial charge < -0.3 is 30.1 Å². The molecule has 1 fully saturated rings. The normalized spacial score (nSPS) is 17.0. The van der Waals surface area contributed by atoms with Crippen molar-refractivity contribution in [1.82, 2.24) is 30.1 Å². The van der Waals surface area contributed by atoms with Crippen molar-refractivity contribution in [2.24, 2.45) is 0 Å². The zero-order valence-electron chi connectivity index (χ0n) is 18.6. The van der Waals surface area contributed by atoms with Crippen LogP contribution in [0.4, 0.5) is 32.4 Å². The van der Waals surface area contributed by atoms with E-state index >= 15 is 0 Å². The number of pyridine rings is 1. The second-order valence-electron chi connectivity index (χ2n) is 7.62. The summed E-state index contributed by atoms with van der Waals surface area (Å²) in [5, 5.41) is 22.7. The average molecular weight is 477 g/mol. The third kappa shape index (κ3) is 5.52. The number of aromatic amines is 1. The Kier molecular flexibility index (Phi) is 7.40. The maximum atomic E-state index is 14.4. The lowest BCUT2D eigenvalue weighted by Gasteiger charge is -2.34. The van der Waals surface area contributed by atoms with Crippen molar-refractivity contribution in [3.63, 3.8) is 0 Å². The number of aliphatic hydroxyl groups is 1. The van der Waals surface area contributed by atoms with Gasteiger partial charge >= 0.3 is 0 Å². The number of hydrogen-bond acceptors (Lipinski definition) is 11. The molecule has 0 saturated carbocycles. The van der Waals surface area contributed by atoms with Gasteiger partial charge in [-0.05, 0) is 6.92 Å². The number of nitrogens with one attached hydrogen (secondary N) is 3. The van der Waals surface area contributed by atoms with Crippen molar-refractivity contribution >= 4 is 23.7 Å². The lowest BCUT2D eigenvalue weighted by Crippen LogP contribution is -2.48. The maximum absolute atomic E-state index is 14.4. The van der Waals surface area contributed by atoms with E-state index in [1.807, 2.05) is 6.92 Å². The number of ether oxygens (including phenoxy) is 2. The molecule has 0 unspecified atom stereocenters. The molecule has 3 aromatic rings. The summed E-state index contributed by atoms with van der Waals surface area (Å²) in [7, 11) is 1.45. The summed E-state index contributed by atoms with van der Waals surface area (Å²) in [4.78, 5) is 19.0. The number of nitrogens with zero attached hydrogens (tertiary/aromatic N) is 6. The minimum Gasteiger partial charge on any atom is -0.394 e. The van der Waals surface area contributed by atoms with Crippen LogP contribution in [0.25, 0.3) is 0 Å². The molecule has 2 atom stereocenters. The Labute approximate surface area is 193 Å². The van der Waals surface area contributed by atoms with E-state index in [4.69, 9.17) is 9.47 Å².